The monoisotopic (exact) mass is 315 g/mol. The Kier molecular flexibility index (Phi) is 5.93. The lowest BCUT2D eigenvalue weighted by Crippen LogP contribution is -2.36. The zero-order valence-corrected chi connectivity index (χ0v) is 13.8. The summed E-state index contributed by atoms with van der Waals surface area (Å²) in [5.41, 5.74) is 1.83. The van der Waals surface area contributed by atoms with E-state index in [0.29, 0.717) is 13.1 Å². The van der Waals surface area contributed by atoms with E-state index in [2.05, 4.69) is 15.6 Å². The minimum Gasteiger partial charge on any atom is -0.396 e. The number of amides is 2. The topological polar surface area (TPSA) is 74.2 Å². The summed E-state index contributed by atoms with van der Waals surface area (Å²) in [4.78, 5) is 16.2. The average molecular weight is 315 g/mol. The maximum Gasteiger partial charge on any atom is 0.315 e. The maximum absolute atomic E-state index is 11.9. The van der Waals surface area contributed by atoms with E-state index in [1.807, 2.05) is 44.2 Å². The molecule has 2 amide bonds. The second kappa shape index (κ2) is 7.92. The molecule has 3 N–H and O–H groups in total. The molecule has 0 unspecified atom stereocenters. The van der Waals surface area contributed by atoms with Crippen LogP contribution in [0.3, 0.4) is 0 Å². The molecule has 5 nitrogen and oxygen atoms in total. The third-order valence-corrected chi connectivity index (χ3v) is 3.90. The Morgan fingerprint density at radius 1 is 1.22 bits per heavy atom. The second-order valence-corrected chi connectivity index (χ2v) is 6.53. The zero-order chi connectivity index (χ0) is 16.7. The number of aliphatic hydroxyl groups is 1. The van der Waals surface area contributed by atoms with Crippen molar-refractivity contribution in [2.75, 3.05) is 13.2 Å². The van der Waals surface area contributed by atoms with Crippen molar-refractivity contribution in [2.24, 2.45) is 5.41 Å². The summed E-state index contributed by atoms with van der Waals surface area (Å²) in [6.45, 7) is 5.24. The van der Waals surface area contributed by atoms with Gasteiger partial charge in [-0.25, -0.2) is 4.79 Å². The summed E-state index contributed by atoms with van der Waals surface area (Å²) in [5.74, 6) is 0. The summed E-state index contributed by atoms with van der Waals surface area (Å²) in [6.07, 6.45) is 3.47. The Labute approximate surface area is 137 Å². The van der Waals surface area contributed by atoms with Crippen LogP contribution in [0.2, 0.25) is 0 Å². The molecule has 2 rings (SSSR count). The van der Waals surface area contributed by atoms with Crippen molar-refractivity contribution in [3.63, 3.8) is 0 Å². The van der Waals surface area contributed by atoms with Gasteiger partial charge in [-0.3, -0.25) is 4.98 Å². The summed E-state index contributed by atoms with van der Waals surface area (Å²) in [6, 6.07) is 9.68. The van der Waals surface area contributed by atoms with E-state index in [-0.39, 0.29) is 18.1 Å². The number of carbonyl (C=O) groups excluding carboxylic acids is 1. The molecular formula is C18H25N3O2. The van der Waals surface area contributed by atoms with E-state index < -0.39 is 0 Å². The number of carbonyl (C=O) groups is 1. The molecule has 23 heavy (non-hydrogen) atoms. The van der Waals surface area contributed by atoms with Crippen LogP contribution in [0.1, 0.15) is 32.3 Å². The number of aliphatic hydroxyl groups excluding tert-OH is 1. The fourth-order valence-corrected chi connectivity index (χ4v) is 2.40. The van der Waals surface area contributed by atoms with Gasteiger partial charge in [-0.2, -0.15) is 0 Å². The van der Waals surface area contributed by atoms with E-state index in [1.165, 1.54) is 0 Å². The number of nitrogens with one attached hydrogen (secondary N) is 2. The Bertz CT molecular complexity index is 650. The smallest absolute Gasteiger partial charge is 0.315 e. The summed E-state index contributed by atoms with van der Waals surface area (Å²) >= 11 is 0. The van der Waals surface area contributed by atoms with Crippen molar-refractivity contribution in [2.45, 2.75) is 33.2 Å². The fraction of sp³-hybridized carbons (Fsp3) is 0.444. The molecular weight excluding hydrogens is 290 g/mol. The Balaban J connectivity index is 1.78. The molecule has 0 saturated carbocycles. The molecule has 5 heteroatoms. The number of aromatic nitrogens is 1. The predicted molar refractivity (Wildman–Crippen MR) is 92.1 cm³/mol. The third kappa shape index (κ3) is 5.21. The lowest BCUT2D eigenvalue weighted by atomic mass is 9.89. The van der Waals surface area contributed by atoms with Crippen LogP contribution in [-0.4, -0.2) is 29.3 Å². The van der Waals surface area contributed by atoms with Gasteiger partial charge in [0.15, 0.2) is 0 Å². The Morgan fingerprint density at radius 2 is 2.00 bits per heavy atom. The Morgan fingerprint density at radius 3 is 2.78 bits per heavy atom. The van der Waals surface area contributed by atoms with Gasteiger partial charge in [-0.1, -0.05) is 38.1 Å². The highest BCUT2D eigenvalue weighted by molar-refractivity contribution is 5.82. The van der Waals surface area contributed by atoms with E-state index in [9.17, 15) is 9.90 Å². The molecule has 0 spiro atoms. The highest BCUT2D eigenvalue weighted by Crippen LogP contribution is 2.20. The van der Waals surface area contributed by atoms with Crippen LogP contribution in [0.15, 0.2) is 36.5 Å². The SMILES string of the molecule is CC(C)(CO)CCCNC(=O)NCc1cccc2cccnc12. The largest absolute Gasteiger partial charge is 0.396 e. The number of hydrogen-bond donors (Lipinski definition) is 3. The number of pyridine rings is 1. The molecule has 1 aromatic carbocycles. The first-order chi connectivity index (χ1) is 11.0. The van der Waals surface area contributed by atoms with Crippen LogP contribution in [0.25, 0.3) is 10.9 Å². The zero-order valence-electron chi connectivity index (χ0n) is 13.8. The lowest BCUT2D eigenvalue weighted by Gasteiger charge is -2.21. The van der Waals surface area contributed by atoms with E-state index in [0.717, 1.165) is 29.3 Å². The predicted octanol–water partition coefficient (Wildman–Crippen LogP) is 2.83. The quantitative estimate of drug-likeness (QED) is 0.688. The minimum absolute atomic E-state index is 0.0905. The van der Waals surface area contributed by atoms with E-state index in [1.54, 1.807) is 6.20 Å². The van der Waals surface area contributed by atoms with Gasteiger partial charge in [-0.15, -0.1) is 0 Å². The van der Waals surface area contributed by atoms with Gasteiger partial charge < -0.3 is 15.7 Å². The highest BCUT2D eigenvalue weighted by atomic mass is 16.3. The van der Waals surface area contributed by atoms with Crippen LogP contribution in [0.5, 0.6) is 0 Å². The van der Waals surface area contributed by atoms with Gasteiger partial charge in [-0.05, 0) is 29.9 Å². The first-order valence-electron chi connectivity index (χ1n) is 7.97. The van der Waals surface area contributed by atoms with Crippen molar-refractivity contribution in [3.05, 3.63) is 42.1 Å². The number of fused-ring (bicyclic) bond motifs is 1. The van der Waals surface area contributed by atoms with Gasteiger partial charge in [0.05, 0.1) is 5.52 Å². The molecule has 0 bridgehead atoms. The van der Waals surface area contributed by atoms with Crippen LogP contribution in [-0.2, 0) is 6.54 Å². The molecule has 0 fully saturated rings. The fourth-order valence-electron chi connectivity index (χ4n) is 2.40. The van der Waals surface area contributed by atoms with Crippen LogP contribution in [0, 0.1) is 5.41 Å². The standard InChI is InChI=1S/C18H25N3O2/c1-18(2,13-22)9-5-11-20-17(23)21-12-15-7-3-6-14-8-4-10-19-16(14)15/h3-4,6-8,10,22H,5,9,11-13H2,1-2H3,(H2,20,21,23). The minimum atomic E-state index is -0.181. The molecule has 1 aromatic heterocycles. The summed E-state index contributed by atoms with van der Waals surface area (Å²) < 4.78 is 0. The number of nitrogens with zero attached hydrogens (tertiary/aromatic N) is 1. The summed E-state index contributed by atoms with van der Waals surface area (Å²) in [7, 11) is 0. The molecule has 0 aliphatic rings. The molecule has 0 aliphatic carbocycles. The van der Waals surface area contributed by atoms with Gasteiger partial charge in [0.2, 0.25) is 0 Å². The molecule has 2 aromatic rings. The number of rotatable bonds is 7. The molecule has 0 radical (unpaired) electrons. The maximum atomic E-state index is 11.9. The molecule has 124 valence electrons. The second-order valence-electron chi connectivity index (χ2n) is 6.53. The lowest BCUT2D eigenvalue weighted by molar-refractivity contribution is 0.148. The van der Waals surface area contributed by atoms with E-state index in [4.69, 9.17) is 0 Å². The molecule has 0 aliphatic heterocycles. The first kappa shape index (κ1) is 17.2. The Hall–Kier alpha value is -2.14. The number of hydrogen-bond acceptors (Lipinski definition) is 3. The first-order valence-corrected chi connectivity index (χ1v) is 7.97. The van der Waals surface area contributed by atoms with Crippen molar-refractivity contribution < 1.29 is 9.90 Å². The average Bonchev–Trinajstić information content (AvgIpc) is 2.57. The third-order valence-electron chi connectivity index (χ3n) is 3.90. The number of urea groups is 1. The molecule has 0 atom stereocenters. The summed E-state index contributed by atoms with van der Waals surface area (Å²) in [5, 5.41) is 16.0. The van der Waals surface area contributed by atoms with Crippen molar-refractivity contribution in [1.29, 1.82) is 0 Å². The number of benzene rings is 1. The number of para-hydroxylation sites is 1. The van der Waals surface area contributed by atoms with Gasteiger partial charge in [0.25, 0.3) is 0 Å². The van der Waals surface area contributed by atoms with E-state index >= 15 is 0 Å². The van der Waals surface area contributed by atoms with Gasteiger partial charge in [0, 0.05) is 31.3 Å². The van der Waals surface area contributed by atoms with Gasteiger partial charge >= 0.3 is 6.03 Å². The van der Waals surface area contributed by atoms with Crippen LogP contribution < -0.4 is 10.6 Å². The van der Waals surface area contributed by atoms with Crippen molar-refractivity contribution in [3.8, 4) is 0 Å². The normalized spacial score (nSPS) is 11.4. The van der Waals surface area contributed by atoms with Crippen molar-refractivity contribution >= 4 is 16.9 Å². The highest BCUT2D eigenvalue weighted by Gasteiger charge is 2.15. The van der Waals surface area contributed by atoms with Crippen LogP contribution in [0.4, 0.5) is 4.79 Å². The molecule has 1 heterocycles. The van der Waals surface area contributed by atoms with Crippen LogP contribution >= 0.6 is 0 Å². The van der Waals surface area contributed by atoms with Gasteiger partial charge in [0.1, 0.15) is 0 Å². The van der Waals surface area contributed by atoms with Crippen molar-refractivity contribution in [1.82, 2.24) is 15.6 Å². The molecule has 0 saturated heterocycles.